The average Bonchev–Trinajstić information content (AvgIpc) is 1.38. The second-order valence-corrected chi connectivity index (χ2v) is 0.406. The molecule has 38 valence electrons. The minimum Gasteiger partial charge on any atom is -0.412 e. The summed E-state index contributed by atoms with van der Waals surface area (Å²) in [4.78, 5) is 12.4. The molecule has 0 aromatic rings. The van der Waals surface area contributed by atoms with Crippen molar-refractivity contribution in [1.29, 1.82) is 0 Å². The Hall–Kier alpha value is -0.840. The Balaban J connectivity index is 0. The van der Waals surface area contributed by atoms with Gasteiger partial charge in [0.15, 0.2) is 0 Å². The third-order valence-corrected chi connectivity index (χ3v) is 0.149. The predicted octanol–water partition coefficient (Wildman–Crippen LogP) is -1.00. The van der Waals surface area contributed by atoms with Crippen LogP contribution in [0.1, 0.15) is 0 Å². The first-order valence-electron chi connectivity index (χ1n) is 0.956. The Labute approximate surface area is 33.9 Å². The summed E-state index contributed by atoms with van der Waals surface area (Å²) >= 11 is 0. The van der Waals surface area contributed by atoms with Gasteiger partial charge in [-0.15, -0.1) is 10.1 Å². The van der Waals surface area contributed by atoms with E-state index in [1.54, 1.807) is 0 Å². The minimum absolute atomic E-state index is 0. The standard InChI is InChI=1S/CH3NO3.H2O/c1-5-2(3)4;/h1H3;1H2. The molecule has 0 radical (unpaired) electrons. The van der Waals surface area contributed by atoms with E-state index in [2.05, 4.69) is 4.84 Å². The van der Waals surface area contributed by atoms with Crippen LogP contribution in [0.3, 0.4) is 0 Å². The first-order chi connectivity index (χ1) is 2.27. The lowest BCUT2D eigenvalue weighted by Gasteiger charge is -1.75. The Kier molecular flexibility index (Phi) is 6.20. The number of hydrogen-bond donors (Lipinski definition) is 0. The van der Waals surface area contributed by atoms with E-state index in [0.29, 0.717) is 0 Å². The summed E-state index contributed by atoms with van der Waals surface area (Å²) in [5.74, 6) is 0. The molecule has 0 rings (SSSR count). The lowest BCUT2D eigenvalue weighted by Crippen LogP contribution is -1.91. The van der Waals surface area contributed by atoms with Crippen LogP contribution in [-0.4, -0.2) is 17.7 Å². The Morgan fingerprint density at radius 1 is 1.83 bits per heavy atom. The maximum Gasteiger partial charge on any atom is 0.294 e. The lowest BCUT2D eigenvalue weighted by molar-refractivity contribution is -0.749. The van der Waals surface area contributed by atoms with E-state index in [0.717, 1.165) is 7.11 Å². The van der Waals surface area contributed by atoms with E-state index in [9.17, 15) is 0 Å². The van der Waals surface area contributed by atoms with E-state index in [4.69, 9.17) is 10.1 Å². The van der Waals surface area contributed by atoms with Crippen LogP contribution >= 0.6 is 0 Å². The molecule has 0 atom stereocenters. The molecule has 5 heteroatoms. The molecule has 0 bridgehead atoms. The van der Waals surface area contributed by atoms with Gasteiger partial charge in [-0.2, -0.15) is 0 Å². The molecule has 0 aliphatic carbocycles. The van der Waals surface area contributed by atoms with Gasteiger partial charge in [-0.1, -0.05) is 0 Å². The van der Waals surface area contributed by atoms with Gasteiger partial charge in [0.05, 0.1) is 7.11 Å². The molecule has 2 N–H and O–H groups in total. The van der Waals surface area contributed by atoms with E-state index < -0.39 is 5.09 Å². The molecule has 0 aromatic heterocycles. The normalized spacial score (nSPS) is 5.50. The monoisotopic (exact) mass is 95.0 g/mol. The van der Waals surface area contributed by atoms with Crippen LogP contribution in [0.5, 0.6) is 0 Å². The van der Waals surface area contributed by atoms with Crippen molar-refractivity contribution < 1.29 is 15.4 Å². The van der Waals surface area contributed by atoms with Crippen LogP contribution < -0.4 is 0 Å². The van der Waals surface area contributed by atoms with Crippen LogP contribution in [-0.2, 0) is 4.84 Å². The van der Waals surface area contributed by atoms with Crippen molar-refractivity contribution >= 4 is 0 Å². The number of rotatable bonds is 1. The van der Waals surface area contributed by atoms with Crippen LogP contribution in [0, 0.1) is 10.1 Å². The molecule has 0 aromatic carbocycles. The molecule has 6 heavy (non-hydrogen) atoms. The van der Waals surface area contributed by atoms with Gasteiger partial charge in [0.25, 0.3) is 5.09 Å². The fourth-order valence-corrected chi connectivity index (χ4v) is 0. The smallest absolute Gasteiger partial charge is 0.294 e. The summed E-state index contributed by atoms with van der Waals surface area (Å²) in [7, 11) is 1.00. The average molecular weight is 95.1 g/mol. The molecule has 5 nitrogen and oxygen atoms in total. The predicted molar refractivity (Wildman–Crippen MR) is 17.6 cm³/mol. The Morgan fingerprint density at radius 3 is 2.00 bits per heavy atom. The topological polar surface area (TPSA) is 83.9 Å². The second-order valence-electron chi connectivity index (χ2n) is 0.406. The molecular formula is CH5NO4. The van der Waals surface area contributed by atoms with Crippen molar-refractivity contribution in [3.8, 4) is 0 Å². The summed E-state index contributed by atoms with van der Waals surface area (Å²) in [6, 6.07) is 0. The van der Waals surface area contributed by atoms with Gasteiger partial charge < -0.3 is 10.3 Å². The molecule has 0 spiro atoms. The molecule has 0 heterocycles. The highest BCUT2D eigenvalue weighted by molar-refractivity contribution is 3.86. The van der Waals surface area contributed by atoms with Gasteiger partial charge in [-0.05, 0) is 0 Å². The quantitative estimate of drug-likeness (QED) is 0.309. The number of hydrogen-bond acceptors (Lipinski definition) is 3. The molecule has 0 saturated carbocycles. The summed E-state index contributed by atoms with van der Waals surface area (Å²) in [5, 5.41) is 8.08. The zero-order valence-electron chi connectivity index (χ0n) is 3.17. The molecule has 0 unspecified atom stereocenters. The van der Waals surface area contributed by atoms with E-state index >= 15 is 0 Å². The van der Waals surface area contributed by atoms with E-state index in [1.807, 2.05) is 0 Å². The van der Waals surface area contributed by atoms with E-state index in [-0.39, 0.29) is 5.48 Å². The summed E-state index contributed by atoms with van der Waals surface area (Å²) in [6.45, 7) is 0. The number of nitrogens with zero attached hydrogens (tertiary/aromatic N) is 1. The van der Waals surface area contributed by atoms with E-state index in [1.165, 1.54) is 0 Å². The third-order valence-electron chi connectivity index (χ3n) is 0.149. The summed E-state index contributed by atoms with van der Waals surface area (Å²) in [6.07, 6.45) is 0. The molecular weight excluding hydrogens is 90.0 g/mol. The fraction of sp³-hybridized carbons (Fsp3) is 1.00. The van der Waals surface area contributed by atoms with Crippen molar-refractivity contribution in [1.82, 2.24) is 0 Å². The minimum atomic E-state index is -0.875. The van der Waals surface area contributed by atoms with Crippen molar-refractivity contribution in [3.05, 3.63) is 10.1 Å². The zero-order chi connectivity index (χ0) is 4.28. The summed E-state index contributed by atoms with van der Waals surface area (Å²) < 4.78 is 0. The van der Waals surface area contributed by atoms with Crippen LogP contribution in [0.15, 0.2) is 0 Å². The van der Waals surface area contributed by atoms with Crippen LogP contribution in [0.2, 0.25) is 0 Å². The highest BCUT2D eigenvalue weighted by Crippen LogP contribution is 1.57. The van der Waals surface area contributed by atoms with Crippen molar-refractivity contribution in [2.24, 2.45) is 0 Å². The molecule has 0 amide bonds. The van der Waals surface area contributed by atoms with Crippen molar-refractivity contribution in [2.75, 3.05) is 7.11 Å². The molecule has 0 saturated heterocycles. The Morgan fingerprint density at radius 2 is 2.00 bits per heavy atom. The third kappa shape index (κ3) is 11.0. The van der Waals surface area contributed by atoms with Gasteiger partial charge >= 0.3 is 0 Å². The highest BCUT2D eigenvalue weighted by atomic mass is 16.9. The SMILES string of the molecule is CO[N+](=O)[O-].O. The second kappa shape index (κ2) is 4.16. The first-order valence-corrected chi connectivity index (χ1v) is 0.956. The fourth-order valence-electron chi connectivity index (χ4n) is 0. The van der Waals surface area contributed by atoms with Crippen LogP contribution in [0.25, 0.3) is 0 Å². The van der Waals surface area contributed by atoms with Gasteiger partial charge in [-0.3, -0.25) is 0 Å². The zero-order valence-corrected chi connectivity index (χ0v) is 3.17. The summed E-state index contributed by atoms with van der Waals surface area (Å²) in [5.41, 5.74) is 0. The van der Waals surface area contributed by atoms with Gasteiger partial charge in [0, 0.05) is 0 Å². The van der Waals surface area contributed by atoms with Gasteiger partial charge in [0.2, 0.25) is 0 Å². The molecule has 0 aliphatic heterocycles. The van der Waals surface area contributed by atoms with Crippen molar-refractivity contribution in [3.63, 3.8) is 0 Å². The lowest BCUT2D eigenvalue weighted by atomic mass is 11.7. The van der Waals surface area contributed by atoms with Gasteiger partial charge in [0.1, 0.15) is 0 Å². The van der Waals surface area contributed by atoms with Crippen molar-refractivity contribution in [2.45, 2.75) is 0 Å². The first kappa shape index (κ1) is 8.94. The van der Waals surface area contributed by atoms with Gasteiger partial charge in [-0.25, -0.2) is 0 Å². The molecule has 0 fully saturated rings. The molecule has 0 aliphatic rings. The maximum atomic E-state index is 8.95. The Bertz CT molecular complexity index is 42.8. The highest BCUT2D eigenvalue weighted by Gasteiger charge is 1.77. The van der Waals surface area contributed by atoms with Crippen LogP contribution in [0.4, 0.5) is 0 Å². The largest absolute Gasteiger partial charge is 0.412 e. The maximum absolute atomic E-state index is 8.95.